The van der Waals surface area contributed by atoms with Crippen molar-refractivity contribution in [3.05, 3.63) is 94.8 Å². The van der Waals surface area contributed by atoms with Crippen molar-refractivity contribution in [1.29, 1.82) is 0 Å². The number of hydrogen-bond donors (Lipinski definition) is 2. The fraction of sp³-hybridized carbons (Fsp3) is 0.286. The van der Waals surface area contributed by atoms with E-state index in [2.05, 4.69) is 5.32 Å². The van der Waals surface area contributed by atoms with E-state index in [0.717, 1.165) is 0 Å². The second kappa shape index (κ2) is 9.70. The minimum absolute atomic E-state index is 0.0273. The van der Waals surface area contributed by atoms with Gasteiger partial charge in [-0.25, -0.2) is 13.6 Å². The largest absolute Gasteiger partial charge is 0.496 e. The van der Waals surface area contributed by atoms with Crippen LogP contribution in [0.25, 0.3) is 0 Å². The molecule has 3 aromatic carbocycles. The van der Waals surface area contributed by atoms with Crippen LogP contribution in [0.15, 0.2) is 66.7 Å². The number of halogens is 2. The zero-order valence-electron chi connectivity index (χ0n) is 20.2. The molecule has 0 saturated heterocycles. The fourth-order valence-corrected chi connectivity index (χ4v) is 4.68. The number of carbonyl (C=O) groups is 2. The van der Waals surface area contributed by atoms with Crippen molar-refractivity contribution < 1.29 is 33.0 Å². The third kappa shape index (κ3) is 4.81. The quantitative estimate of drug-likeness (QED) is 0.433. The van der Waals surface area contributed by atoms with Crippen molar-refractivity contribution in [2.24, 2.45) is 5.92 Å². The maximum Gasteiger partial charge on any atom is 0.338 e. The summed E-state index contributed by atoms with van der Waals surface area (Å²) in [4.78, 5) is 24.9. The Hall–Kier alpha value is -3.78. The van der Waals surface area contributed by atoms with E-state index in [1.165, 1.54) is 43.5 Å². The molecule has 1 aliphatic heterocycles. The van der Waals surface area contributed by atoms with E-state index >= 15 is 4.39 Å². The molecule has 0 fully saturated rings. The molecule has 1 amide bonds. The van der Waals surface area contributed by atoms with Crippen molar-refractivity contribution in [3.8, 4) is 5.75 Å². The molecule has 4 rings (SSSR count). The smallest absolute Gasteiger partial charge is 0.338 e. The van der Waals surface area contributed by atoms with Crippen LogP contribution in [-0.4, -0.2) is 29.9 Å². The summed E-state index contributed by atoms with van der Waals surface area (Å²) in [6, 6.07) is 17.2. The Kier molecular flexibility index (Phi) is 6.82. The number of anilines is 1. The van der Waals surface area contributed by atoms with Gasteiger partial charge in [-0.15, -0.1) is 0 Å². The van der Waals surface area contributed by atoms with Gasteiger partial charge in [0.1, 0.15) is 18.2 Å². The van der Waals surface area contributed by atoms with Gasteiger partial charge in [-0.1, -0.05) is 44.2 Å². The van der Waals surface area contributed by atoms with Crippen LogP contribution in [0.2, 0.25) is 0 Å². The standard InChI is InChI=1S/C28H27F2NO5/c1-27(2,22-15-19(29)9-12-23(22)35-3)24(13-17-7-5-4-6-8-17)28(30,34)26(33)31-20-10-11-21-18(14-20)16-36-25(21)32/h4-12,14-15,24,34H,13,16H2,1-3H3,(H,31,33). The van der Waals surface area contributed by atoms with Gasteiger partial charge in [-0.05, 0) is 48.4 Å². The van der Waals surface area contributed by atoms with Crippen molar-refractivity contribution in [1.82, 2.24) is 0 Å². The molecular formula is C28H27F2NO5. The Morgan fingerprint density at radius 1 is 1.14 bits per heavy atom. The number of fused-ring (bicyclic) bond motifs is 1. The molecule has 2 unspecified atom stereocenters. The number of carbonyl (C=O) groups excluding carboxylic acids is 2. The van der Waals surface area contributed by atoms with Gasteiger partial charge in [0.25, 0.3) is 11.8 Å². The van der Waals surface area contributed by atoms with E-state index in [1.807, 2.05) is 0 Å². The van der Waals surface area contributed by atoms with Crippen LogP contribution in [0, 0.1) is 11.7 Å². The van der Waals surface area contributed by atoms with Crippen LogP contribution in [0.5, 0.6) is 5.75 Å². The van der Waals surface area contributed by atoms with E-state index in [4.69, 9.17) is 9.47 Å². The molecular weight excluding hydrogens is 468 g/mol. The monoisotopic (exact) mass is 495 g/mol. The first-order valence-corrected chi connectivity index (χ1v) is 11.4. The number of esters is 1. The lowest BCUT2D eigenvalue weighted by Gasteiger charge is -2.41. The summed E-state index contributed by atoms with van der Waals surface area (Å²) in [5, 5.41) is 13.6. The van der Waals surface area contributed by atoms with Crippen molar-refractivity contribution >= 4 is 17.6 Å². The highest BCUT2D eigenvalue weighted by atomic mass is 19.2. The van der Waals surface area contributed by atoms with Gasteiger partial charge >= 0.3 is 5.97 Å². The molecule has 2 atom stereocenters. The molecule has 2 N–H and O–H groups in total. The van der Waals surface area contributed by atoms with Crippen LogP contribution < -0.4 is 10.1 Å². The predicted octanol–water partition coefficient (Wildman–Crippen LogP) is 4.94. The number of amides is 1. The van der Waals surface area contributed by atoms with E-state index in [-0.39, 0.29) is 18.7 Å². The van der Waals surface area contributed by atoms with Crippen molar-refractivity contribution in [3.63, 3.8) is 0 Å². The molecule has 1 heterocycles. The summed E-state index contributed by atoms with van der Waals surface area (Å²) in [6.07, 6.45) is -0.0273. The average Bonchev–Trinajstić information content (AvgIpc) is 3.22. The fourth-order valence-electron chi connectivity index (χ4n) is 4.68. The molecule has 0 radical (unpaired) electrons. The van der Waals surface area contributed by atoms with Crippen LogP contribution in [0.4, 0.5) is 14.5 Å². The number of cyclic esters (lactones) is 1. The molecule has 0 bridgehead atoms. The van der Waals surface area contributed by atoms with Crippen LogP contribution in [-0.2, 0) is 28.0 Å². The number of alkyl halides is 1. The van der Waals surface area contributed by atoms with Gasteiger partial charge in [0.05, 0.1) is 12.7 Å². The molecule has 0 saturated carbocycles. The van der Waals surface area contributed by atoms with Gasteiger partial charge in [0.2, 0.25) is 0 Å². The molecule has 8 heteroatoms. The van der Waals surface area contributed by atoms with Crippen LogP contribution >= 0.6 is 0 Å². The normalized spacial score (nSPS) is 15.4. The summed E-state index contributed by atoms with van der Waals surface area (Å²) in [7, 11) is 1.41. The first kappa shape index (κ1) is 25.3. The molecule has 188 valence electrons. The Morgan fingerprint density at radius 3 is 2.56 bits per heavy atom. The number of ether oxygens (including phenoxy) is 2. The third-order valence-corrected chi connectivity index (χ3v) is 6.73. The Labute approximate surface area is 207 Å². The first-order valence-electron chi connectivity index (χ1n) is 11.4. The minimum atomic E-state index is -3.37. The SMILES string of the molecule is COc1ccc(F)cc1C(C)(C)C(Cc1ccccc1)C(O)(F)C(=O)Nc1ccc2c(c1)COC2=O. The molecule has 0 aromatic heterocycles. The second-order valence-corrected chi connectivity index (χ2v) is 9.38. The van der Waals surface area contributed by atoms with Crippen molar-refractivity contribution in [2.75, 3.05) is 12.4 Å². The molecule has 6 nitrogen and oxygen atoms in total. The highest BCUT2D eigenvalue weighted by Crippen LogP contribution is 2.45. The molecule has 36 heavy (non-hydrogen) atoms. The van der Waals surface area contributed by atoms with Crippen LogP contribution in [0.1, 0.15) is 40.9 Å². The minimum Gasteiger partial charge on any atom is -0.496 e. The summed E-state index contributed by atoms with van der Waals surface area (Å²) < 4.78 is 40.9. The number of nitrogens with one attached hydrogen (secondary N) is 1. The predicted molar refractivity (Wildman–Crippen MR) is 130 cm³/mol. The first-order chi connectivity index (χ1) is 17.0. The van der Waals surface area contributed by atoms with Crippen molar-refractivity contribution in [2.45, 2.75) is 38.1 Å². The third-order valence-electron chi connectivity index (χ3n) is 6.73. The highest BCUT2D eigenvalue weighted by Gasteiger charge is 2.53. The highest BCUT2D eigenvalue weighted by molar-refractivity contribution is 5.98. The topological polar surface area (TPSA) is 84.9 Å². The average molecular weight is 496 g/mol. The maximum atomic E-state index is 16.3. The summed E-state index contributed by atoms with van der Waals surface area (Å²) in [6.45, 7) is 3.31. The number of methoxy groups -OCH3 is 1. The molecule has 1 aliphatic rings. The summed E-state index contributed by atoms with van der Waals surface area (Å²) in [5.41, 5.74) is 0.844. The lowest BCUT2D eigenvalue weighted by molar-refractivity contribution is -0.176. The maximum absolute atomic E-state index is 16.3. The number of aliphatic hydroxyl groups is 1. The summed E-state index contributed by atoms with van der Waals surface area (Å²) in [5.74, 6) is -6.72. The molecule has 0 aliphatic carbocycles. The number of benzene rings is 3. The van der Waals surface area contributed by atoms with Gasteiger partial charge in [0.15, 0.2) is 0 Å². The lowest BCUT2D eigenvalue weighted by Crippen LogP contribution is -2.53. The van der Waals surface area contributed by atoms with Gasteiger partial charge in [-0.3, -0.25) is 4.79 Å². The zero-order chi connectivity index (χ0) is 26.1. The molecule has 3 aromatic rings. The number of hydrogen-bond acceptors (Lipinski definition) is 5. The Bertz CT molecular complexity index is 1290. The Morgan fingerprint density at radius 2 is 1.86 bits per heavy atom. The second-order valence-electron chi connectivity index (χ2n) is 9.38. The van der Waals surface area contributed by atoms with E-state index in [0.29, 0.717) is 28.0 Å². The van der Waals surface area contributed by atoms with E-state index < -0.39 is 34.9 Å². The van der Waals surface area contributed by atoms with E-state index in [9.17, 15) is 19.1 Å². The van der Waals surface area contributed by atoms with Gasteiger partial charge in [-0.2, -0.15) is 0 Å². The zero-order valence-corrected chi connectivity index (χ0v) is 20.2. The lowest BCUT2D eigenvalue weighted by atomic mass is 9.67. The van der Waals surface area contributed by atoms with E-state index in [1.54, 1.807) is 44.2 Å². The van der Waals surface area contributed by atoms with Gasteiger partial charge < -0.3 is 19.9 Å². The number of rotatable bonds is 8. The van der Waals surface area contributed by atoms with Gasteiger partial charge in [0, 0.05) is 28.1 Å². The van der Waals surface area contributed by atoms with Crippen LogP contribution in [0.3, 0.4) is 0 Å². The molecule has 0 spiro atoms. The summed E-state index contributed by atoms with van der Waals surface area (Å²) >= 11 is 0. The Balaban J connectivity index is 1.72.